The van der Waals surface area contributed by atoms with E-state index in [0.29, 0.717) is 11.3 Å². The second kappa shape index (κ2) is 8.13. The van der Waals surface area contributed by atoms with Crippen LogP contribution in [-0.4, -0.2) is 47.1 Å². The van der Waals surface area contributed by atoms with Crippen LogP contribution in [0.3, 0.4) is 0 Å². The Morgan fingerprint density at radius 2 is 2.12 bits per heavy atom. The minimum absolute atomic E-state index is 0.0878. The summed E-state index contributed by atoms with van der Waals surface area (Å²) in [6.07, 6.45) is 8.94. The predicted molar refractivity (Wildman–Crippen MR) is 95.7 cm³/mol. The molecule has 0 saturated carbocycles. The molecule has 0 aliphatic heterocycles. The van der Waals surface area contributed by atoms with E-state index in [2.05, 4.69) is 21.7 Å². The molecule has 7 nitrogen and oxygen atoms in total. The molecular weight excluding hydrogens is 318 g/mol. The lowest BCUT2D eigenvalue weighted by molar-refractivity contribution is -0.136. The number of aromatic nitrogens is 2. The van der Waals surface area contributed by atoms with Crippen molar-refractivity contribution in [3.63, 3.8) is 0 Å². The monoisotopic (exact) mass is 339 g/mol. The van der Waals surface area contributed by atoms with Crippen molar-refractivity contribution in [2.45, 2.75) is 6.04 Å². The van der Waals surface area contributed by atoms with Gasteiger partial charge < -0.3 is 15.5 Å². The summed E-state index contributed by atoms with van der Waals surface area (Å²) in [5, 5.41) is 9.32. The van der Waals surface area contributed by atoms with Gasteiger partial charge >= 0.3 is 11.8 Å². The van der Waals surface area contributed by atoms with Crippen LogP contribution in [0.1, 0.15) is 17.2 Å². The van der Waals surface area contributed by atoms with Crippen molar-refractivity contribution in [2.75, 3.05) is 26.0 Å². The first-order valence-corrected chi connectivity index (χ1v) is 7.71. The van der Waals surface area contributed by atoms with Crippen molar-refractivity contribution in [1.29, 1.82) is 0 Å². The molecule has 2 aromatic rings. The molecule has 1 heterocycles. The molecule has 1 aromatic heterocycles. The third kappa shape index (κ3) is 4.93. The van der Waals surface area contributed by atoms with E-state index >= 15 is 0 Å². The number of nitrogens with zero attached hydrogens (tertiary/aromatic N) is 3. The number of likely N-dealkylation sites (N-methyl/N-ethyl adjacent to an activating group) is 1. The Labute approximate surface area is 147 Å². The van der Waals surface area contributed by atoms with Crippen LogP contribution >= 0.6 is 0 Å². The molecule has 0 radical (unpaired) electrons. The van der Waals surface area contributed by atoms with Gasteiger partial charge in [-0.15, -0.1) is 6.42 Å². The molecule has 2 amide bonds. The number of nitrogens with one attached hydrogen (secondary N) is 2. The maximum absolute atomic E-state index is 12.1. The van der Waals surface area contributed by atoms with Crippen LogP contribution in [0.5, 0.6) is 0 Å². The predicted octanol–water partition coefficient (Wildman–Crippen LogP) is 0.759. The third-order valence-corrected chi connectivity index (χ3v) is 3.68. The topological polar surface area (TPSA) is 79.3 Å². The maximum atomic E-state index is 12.1. The Hall–Kier alpha value is -3.11. The lowest BCUT2D eigenvalue weighted by atomic mass is 10.1. The van der Waals surface area contributed by atoms with Gasteiger partial charge in [0.15, 0.2) is 0 Å². The minimum Gasteiger partial charge on any atom is -0.346 e. The van der Waals surface area contributed by atoms with Gasteiger partial charge in [-0.1, -0.05) is 12.0 Å². The first kappa shape index (κ1) is 18.2. The molecule has 1 atom stereocenters. The van der Waals surface area contributed by atoms with Crippen LogP contribution in [0.15, 0.2) is 36.7 Å². The highest BCUT2D eigenvalue weighted by atomic mass is 16.2. The molecule has 1 aromatic carbocycles. The first-order chi connectivity index (χ1) is 11.9. The van der Waals surface area contributed by atoms with E-state index in [0.717, 1.165) is 5.56 Å². The summed E-state index contributed by atoms with van der Waals surface area (Å²) in [7, 11) is 5.62. The molecule has 0 fully saturated rings. The van der Waals surface area contributed by atoms with Gasteiger partial charge in [0.1, 0.15) is 0 Å². The zero-order valence-corrected chi connectivity index (χ0v) is 14.5. The molecule has 0 aliphatic rings. The number of amides is 2. The lowest BCUT2D eigenvalue weighted by Crippen LogP contribution is -2.40. The van der Waals surface area contributed by atoms with E-state index in [9.17, 15) is 9.59 Å². The molecule has 2 N–H and O–H groups in total. The summed E-state index contributed by atoms with van der Waals surface area (Å²) in [4.78, 5) is 26.0. The zero-order chi connectivity index (χ0) is 18.4. The number of terminal acetylenes is 1. The van der Waals surface area contributed by atoms with Gasteiger partial charge in [0.2, 0.25) is 0 Å². The standard InChI is InChI=1S/C18H21N5O2/c1-5-13-7-6-8-15(9-13)21-18(25)17(24)19-11-16(22(2)3)14-10-20-23(4)12-14/h1,6-10,12,16H,11H2,2-4H3,(H,19,24)(H,21,25)/t16-/m1/s1. The summed E-state index contributed by atoms with van der Waals surface area (Å²) in [6, 6.07) is 6.67. The van der Waals surface area contributed by atoms with E-state index in [4.69, 9.17) is 6.42 Å². The van der Waals surface area contributed by atoms with Crippen molar-refractivity contribution in [1.82, 2.24) is 20.0 Å². The molecular formula is C18H21N5O2. The summed E-state index contributed by atoms with van der Waals surface area (Å²) in [6.45, 7) is 0.287. The van der Waals surface area contributed by atoms with Crippen LogP contribution in [0.25, 0.3) is 0 Å². The van der Waals surface area contributed by atoms with Crippen LogP contribution in [0.2, 0.25) is 0 Å². The minimum atomic E-state index is -0.738. The lowest BCUT2D eigenvalue weighted by Gasteiger charge is -2.23. The van der Waals surface area contributed by atoms with Gasteiger partial charge in [-0.05, 0) is 32.3 Å². The van der Waals surface area contributed by atoms with Gasteiger partial charge in [-0.3, -0.25) is 14.3 Å². The average Bonchev–Trinajstić information content (AvgIpc) is 3.00. The molecule has 2 rings (SSSR count). The molecule has 0 unspecified atom stereocenters. The Morgan fingerprint density at radius 3 is 2.72 bits per heavy atom. The van der Waals surface area contributed by atoms with Crippen molar-refractivity contribution < 1.29 is 9.59 Å². The number of hydrogen-bond donors (Lipinski definition) is 2. The van der Waals surface area contributed by atoms with Crippen LogP contribution in [-0.2, 0) is 16.6 Å². The van der Waals surface area contributed by atoms with E-state index < -0.39 is 11.8 Å². The van der Waals surface area contributed by atoms with Crippen molar-refractivity contribution >= 4 is 17.5 Å². The van der Waals surface area contributed by atoms with Gasteiger partial charge in [-0.25, -0.2) is 0 Å². The van der Waals surface area contributed by atoms with Crippen molar-refractivity contribution in [3.8, 4) is 12.3 Å². The Bertz CT molecular complexity index is 804. The normalized spacial score (nSPS) is 11.6. The summed E-state index contributed by atoms with van der Waals surface area (Å²) in [5.74, 6) is 1.03. The van der Waals surface area contributed by atoms with Gasteiger partial charge in [0, 0.05) is 36.6 Å². The van der Waals surface area contributed by atoms with Gasteiger partial charge in [0.25, 0.3) is 0 Å². The zero-order valence-electron chi connectivity index (χ0n) is 14.5. The number of rotatable bonds is 5. The molecule has 7 heteroatoms. The Kier molecular flexibility index (Phi) is 5.93. The second-order valence-electron chi connectivity index (χ2n) is 5.82. The highest BCUT2D eigenvalue weighted by Gasteiger charge is 2.20. The van der Waals surface area contributed by atoms with Crippen LogP contribution < -0.4 is 10.6 Å². The third-order valence-electron chi connectivity index (χ3n) is 3.68. The SMILES string of the molecule is C#Cc1cccc(NC(=O)C(=O)NC[C@H](c2cnn(C)c2)N(C)C)c1. The number of aryl methyl sites for hydroxylation is 1. The number of hydrogen-bond acceptors (Lipinski definition) is 4. The summed E-state index contributed by atoms with van der Waals surface area (Å²) < 4.78 is 1.69. The largest absolute Gasteiger partial charge is 0.346 e. The van der Waals surface area contributed by atoms with Crippen molar-refractivity contribution in [2.24, 2.45) is 7.05 Å². The summed E-state index contributed by atoms with van der Waals surface area (Å²) >= 11 is 0. The fourth-order valence-electron chi connectivity index (χ4n) is 2.36. The fourth-order valence-corrected chi connectivity index (χ4v) is 2.36. The molecule has 0 bridgehead atoms. The summed E-state index contributed by atoms with van der Waals surface area (Å²) in [5.41, 5.74) is 2.06. The smallest absolute Gasteiger partial charge is 0.313 e. The quantitative estimate of drug-likeness (QED) is 0.623. The molecule has 25 heavy (non-hydrogen) atoms. The Balaban J connectivity index is 1.96. The number of carbonyl (C=O) groups is 2. The maximum Gasteiger partial charge on any atom is 0.313 e. The first-order valence-electron chi connectivity index (χ1n) is 7.71. The fraction of sp³-hybridized carbons (Fsp3) is 0.278. The van der Waals surface area contributed by atoms with Crippen LogP contribution in [0, 0.1) is 12.3 Å². The van der Waals surface area contributed by atoms with Crippen LogP contribution in [0.4, 0.5) is 5.69 Å². The van der Waals surface area contributed by atoms with Gasteiger partial charge in [-0.2, -0.15) is 5.10 Å². The number of benzene rings is 1. The van der Waals surface area contributed by atoms with Crippen molar-refractivity contribution in [3.05, 3.63) is 47.8 Å². The molecule has 0 saturated heterocycles. The number of carbonyl (C=O) groups excluding carboxylic acids is 2. The number of anilines is 1. The average molecular weight is 339 g/mol. The van der Waals surface area contributed by atoms with E-state index in [1.807, 2.05) is 32.2 Å². The van der Waals surface area contributed by atoms with E-state index in [1.165, 1.54) is 0 Å². The Morgan fingerprint density at radius 1 is 1.36 bits per heavy atom. The molecule has 0 spiro atoms. The highest BCUT2D eigenvalue weighted by Crippen LogP contribution is 2.16. The van der Waals surface area contributed by atoms with E-state index in [-0.39, 0.29) is 12.6 Å². The van der Waals surface area contributed by atoms with Gasteiger partial charge in [0.05, 0.1) is 12.2 Å². The molecule has 0 aliphatic carbocycles. The van der Waals surface area contributed by atoms with E-state index in [1.54, 1.807) is 35.1 Å². The highest BCUT2D eigenvalue weighted by molar-refractivity contribution is 6.39. The second-order valence-corrected chi connectivity index (χ2v) is 5.82. The molecule has 130 valence electrons.